The lowest BCUT2D eigenvalue weighted by Crippen LogP contribution is -2.33. The van der Waals surface area contributed by atoms with Crippen LogP contribution in [0.25, 0.3) is 0 Å². The van der Waals surface area contributed by atoms with Crippen molar-refractivity contribution in [1.82, 2.24) is 4.90 Å². The first-order valence-electron chi connectivity index (χ1n) is 4.18. The zero-order chi connectivity index (χ0) is 10.7. The number of ketones is 1. The summed E-state index contributed by atoms with van der Waals surface area (Å²) in [5.74, 6) is 0.664. The van der Waals surface area contributed by atoms with Gasteiger partial charge in [0, 0.05) is 18.7 Å². The highest BCUT2D eigenvalue weighted by Crippen LogP contribution is 2.19. The molecular formula is C8H11NO2S3. The van der Waals surface area contributed by atoms with Crippen LogP contribution in [0.1, 0.15) is 13.3 Å². The SMILES string of the molecule is CC(=O)C(S)CC(=O)N1CCSC1=S. The first-order chi connectivity index (χ1) is 6.52. The van der Waals surface area contributed by atoms with Gasteiger partial charge in [0.1, 0.15) is 10.1 Å². The molecule has 0 saturated carbocycles. The molecule has 0 bridgehead atoms. The van der Waals surface area contributed by atoms with Gasteiger partial charge in [0.25, 0.3) is 0 Å². The van der Waals surface area contributed by atoms with Crippen LogP contribution in [0.2, 0.25) is 0 Å². The molecule has 0 aliphatic carbocycles. The summed E-state index contributed by atoms with van der Waals surface area (Å²) < 4.78 is 0.610. The number of nitrogens with zero attached hydrogens (tertiary/aromatic N) is 1. The molecule has 1 aliphatic rings. The van der Waals surface area contributed by atoms with Gasteiger partial charge in [-0.05, 0) is 6.92 Å². The number of hydrogen-bond acceptors (Lipinski definition) is 5. The van der Waals surface area contributed by atoms with Gasteiger partial charge >= 0.3 is 0 Å². The van der Waals surface area contributed by atoms with Crippen LogP contribution < -0.4 is 0 Å². The standard InChI is InChI=1S/C8H11NO2S3/c1-5(10)6(12)4-7(11)9-2-3-14-8(9)13/h6,12H,2-4H2,1H3. The Morgan fingerprint density at radius 2 is 2.36 bits per heavy atom. The monoisotopic (exact) mass is 249 g/mol. The molecule has 14 heavy (non-hydrogen) atoms. The second kappa shape index (κ2) is 5.14. The molecule has 0 aromatic rings. The topological polar surface area (TPSA) is 37.4 Å². The molecule has 0 radical (unpaired) electrons. The largest absolute Gasteiger partial charge is 0.299 e. The first-order valence-corrected chi connectivity index (χ1v) is 6.09. The molecule has 6 heteroatoms. The second-order valence-electron chi connectivity index (χ2n) is 2.99. The van der Waals surface area contributed by atoms with Crippen molar-refractivity contribution >= 4 is 52.6 Å². The van der Waals surface area contributed by atoms with E-state index in [0.29, 0.717) is 10.9 Å². The van der Waals surface area contributed by atoms with Gasteiger partial charge in [-0.15, -0.1) is 0 Å². The zero-order valence-corrected chi connectivity index (χ0v) is 10.3. The van der Waals surface area contributed by atoms with Crippen molar-refractivity contribution in [1.29, 1.82) is 0 Å². The van der Waals surface area contributed by atoms with Gasteiger partial charge in [0.2, 0.25) is 5.91 Å². The maximum absolute atomic E-state index is 11.6. The molecule has 1 amide bonds. The molecule has 1 unspecified atom stereocenters. The molecule has 78 valence electrons. The van der Waals surface area contributed by atoms with E-state index in [9.17, 15) is 9.59 Å². The minimum Gasteiger partial charge on any atom is -0.299 e. The number of rotatable bonds is 3. The summed E-state index contributed by atoms with van der Waals surface area (Å²) in [7, 11) is 0. The summed E-state index contributed by atoms with van der Waals surface area (Å²) in [6.07, 6.45) is 0.138. The lowest BCUT2D eigenvalue weighted by atomic mass is 10.2. The minimum absolute atomic E-state index is 0.0838. The van der Waals surface area contributed by atoms with Gasteiger partial charge in [0.05, 0.1) is 5.25 Å². The summed E-state index contributed by atoms with van der Waals surface area (Å²) in [6.45, 7) is 2.09. The summed E-state index contributed by atoms with van der Waals surface area (Å²) in [5, 5.41) is -0.504. The van der Waals surface area contributed by atoms with Crippen molar-refractivity contribution in [2.24, 2.45) is 0 Å². The Morgan fingerprint density at radius 1 is 1.71 bits per heavy atom. The third-order valence-electron chi connectivity index (χ3n) is 1.90. The van der Waals surface area contributed by atoms with Crippen molar-refractivity contribution in [2.75, 3.05) is 12.3 Å². The number of thiocarbonyl (C=S) groups is 1. The Balaban J connectivity index is 2.49. The lowest BCUT2D eigenvalue weighted by molar-refractivity contribution is -0.128. The van der Waals surface area contributed by atoms with E-state index >= 15 is 0 Å². The number of thiol groups is 1. The van der Waals surface area contributed by atoms with Gasteiger partial charge < -0.3 is 0 Å². The van der Waals surface area contributed by atoms with Crippen molar-refractivity contribution < 1.29 is 9.59 Å². The van der Waals surface area contributed by atoms with Crippen LogP contribution in [0, 0.1) is 0 Å². The Hall–Kier alpha value is -0.0700. The maximum atomic E-state index is 11.6. The Bertz CT molecular complexity index is 280. The molecule has 0 aromatic carbocycles. The number of amides is 1. The Labute approximate surface area is 98.0 Å². The highest BCUT2D eigenvalue weighted by Gasteiger charge is 2.26. The third-order valence-corrected chi connectivity index (χ3v) is 3.87. The van der Waals surface area contributed by atoms with Crippen LogP contribution in [0.4, 0.5) is 0 Å². The normalized spacial score (nSPS) is 18.4. The fraction of sp³-hybridized carbons (Fsp3) is 0.625. The van der Waals surface area contributed by atoms with Crippen molar-refractivity contribution in [3.8, 4) is 0 Å². The molecule has 1 heterocycles. The fourth-order valence-electron chi connectivity index (χ4n) is 1.04. The summed E-state index contributed by atoms with van der Waals surface area (Å²) in [5.41, 5.74) is 0. The van der Waals surface area contributed by atoms with Crippen LogP contribution in [0.5, 0.6) is 0 Å². The van der Waals surface area contributed by atoms with Crippen LogP contribution in [0.3, 0.4) is 0 Å². The predicted molar refractivity (Wildman–Crippen MR) is 64.8 cm³/mol. The molecule has 0 aromatic heterocycles. The molecule has 1 atom stereocenters. The van der Waals surface area contributed by atoms with E-state index in [0.717, 1.165) is 5.75 Å². The number of thioether (sulfide) groups is 1. The summed E-state index contributed by atoms with van der Waals surface area (Å²) >= 11 is 10.5. The van der Waals surface area contributed by atoms with Gasteiger partial charge in [-0.1, -0.05) is 24.0 Å². The van der Waals surface area contributed by atoms with Gasteiger partial charge in [-0.25, -0.2) is 0 Å². The number of Topliss-reactive ketones (excluding diaryl/α,β-unsaturated/α-hetero) is 1. The third kappa shape index (κ3) is 2.96. The first kappa shape index (κ1) is 12.0. The molecule has 1 fully saturated rings. The van der Waals surface area contributed by atoms with E-state index in [1.54, 1.807) is 4.90 Å². The summed E-state index contributed by atoms with van der Waals surface area (Å²) in [4.78, 5) is 24.0. The number of carbonyl (C=O) groups excluding carboxylic acids is 2. The second-order valence-corrected chi connectivity index (χ2v) is 5.34. The van der Waals surface area contributed by atoms with Crippen LogP contribution in [-0.4, -0.2) is 38.5 Å². The molecule has 0 N–H and O–H groups in total. The van der Waals surface area contributed by atoms with E-state index in [1.165, 1.54) is 18.7 Å². The van der Waals surface area contributed by atoms with Crippen LogP contribution in [-0.2, 0) is 9.59 Å². The Morgan fingerprint density at radius 3 is 2.79 bits per heavy atom. The average Bonchev–Trinajstić information content (AvgIpc) is 2.51. The maximum Gasteiger partial charge on any atom is 0.229 e. The molecule has 0 spiro atoms. The van der Waals surface area contributed by atoms with Gasteiger partial charge in [0.15, 0.2) is 0 Å². The van der Waals surface area contributed by atoms with Crippen molar-refractivity contribution in [2.45, 2.75) is 18.6 Å². The number of hydrogen-bond donors (Lipinski definition) is 1. The zero-order valence-electron chi connectivity index (χ0n) is 7.73. The Kier molecular flexibility index (Phi) is 4.40. The lowest BCUT2D eigenvalue weighted by Gasteiger charge is -2.15. The fourth-order valence-corrected chi connectivity index (χ4v) is 2.44. The van der Waals surface area contributed by atoms with Crippen LogP contribution in [0.15, 0.2) is 0 Å². The van der Waals surface area contributed by atoms with E-state index in [-0.39, 0.29) is 18.1 Å². The molecule has 1 saturated heterocycles. The number of carbonyl (C=O) groups is 2. The van der Waals surface area contributed by atoms with Gasteiger partial charge in [-0.2, -0.15) is 12.6 Å². The van der Waals surface area contributed by atoms with Crippen molar-refractivity contribution in [3.63, 3.8) is 0 Å². The van der Waals surface area contributed by atoms with Crippen LogP contribution >= 0.6 is 36.6 Å². The van der Waals surface area contributed by atoms with E-state index < -0.39 is 5.25 Å². The van der Waals surface area contributed by atoms with E-state index in [1.807, 2.05) is 0 Å². The van der Waals surface area contributed by atoms with E-state index in [4.69, 9.17) is 12.2 Å². The van der Waals surface area contributed by atoms with Gasteiger partial charge in [-0.3, -0.25) is 14.5 Å². The highest BCUT2D eigenvalue weighted by molar-refractivity contribution is 8.23. The predicted octanol–water partition coefficient (Wildman–Crippen LogP) is 1.12. The quantitative estimate of drug-likeness (QED) is 0.601. The smallest absolute Gasteiger partial charge is 0.229 e. The average molecular weight is 249 g/mol. The molecule has 1 rings (SSSR count). The van der Waals surface area contributed by atoms with Crippen molar-refractivity contribution in [3.05, 3.63) is 0 Å². The minimum atomic E-state index is -0.504. The molecular weight excluding hydrogens is 238 g/mol. The molecule has 1 aliphatic heterocycles. The van der Waals surface area contributed by atoms with E-state index in [2.05, 4.69) is 12.6 Å². The summed E-state index contributed by atoms with van der Waals surface area (Å²) in [6, 6.07) is 0. The molecule has 3 nitrogen and oxygen atoms in total. The highest BCUT2D eigenvalue weighted by atomic mass is 32.2.